The number of nitrogens with zero attached hydrogens (tertiary/aromatic N) is 7. The Morgan fingerprint density at radius 1 is 0.588 bits per heavy atom. The SMILES string of the molecule is Fc1ccc(-c2cc(-c3ccon3)n(Cc3ccccc3F)n2)nc1.O=c1[nH]c(-c2cc(-c3ccon3)n(Cc3ccccc3F)n2)ccc1F. The number of nitrogens with one attached hydrogen (secondary N) is 1. The van der Waals surface area contributed by atoms with Crippen molar-refractivity contribution in [2.24, 2.45) is 0 Å². The lowest BCUT2D eigenvalue weighted by atomic mass is 10.2. The third-order valence-corrected chi connectivity index (χ3v) is 7.64. The van der Waals surface area contributed by atoms with Gasteiger partial charge in [-0.1, -0.05) is 46.7 Å². The second-order valence-electron chi connectivity index (χ2n) is 11.0. The average Bonchev–Trinajstić information content (AvgIpc) is 3.97. The summed E-state index contributed by atoms with van der Waals surface area (Å²) in [7, 11) is 0. The van der Waals surface area contributed by atoms with Crippen LogP contribution < -0.4 is 5.56 Å². The molecule has 0 aliphatic rings. The number of aromatic amines is 1. The normalized spacial score (nSPS) is 11.0. The Morgan fingerprint density at radius 2 is 1.16 bits per heavy atom. The number of hydrogen-bond acceptors (Lipinski definition) is 8. The van der Waals surface area contributed by atoms with Gasteiger partial charge in [0.2, 0.25) is 0 Å². The highest BCUT2D eigenvalue weighted by atomic mass is 19.1. The van der Waals surface area contributed by atoms with Crippen LogP contribution in [0.1, 0.15) is 11.1 Å². The first-order valence-electron chi connectivity index (χ1n) is 15.3. The molecule has 0 saturated heterocycles. The van der Waals surface area contributed by atoms with Crippen LogP contribution in [-0.4, -0.2) is 39.8 Å². The van der Waals surface area contributed by atoms with Crippen LogP contribution in [0.3, 0.4) is 0 Å². The monoisotopic (exact) mass is 692 g/mol. The van der Waals surface area contributed by atoms with Gasteiger partial charge in [-0.3, -0.25) is 19.1 Å². The Hall–Kier alpha value is -6.90. The van der Waals surface area contributed by atoms with Crippen molar-refractivity contribution in [2.45, 2.75) is 13.1 Å². The molecule has 11 nitrogen and oxygen atoms in total. The Morgan fingerprint density at radius 3 is 1.67 bits per heavy atom. The van der Waals surface area contributed by atoms with Gasteiger partial charge in [-0.05, 0) is 48.5 Å². The van der Waals surface area contributed by atoms with Crippen LogP contribution >= 0.6 is 0 Å². The standard InChI is InChI=1S/C18H12F2N4O2.C18H12F2N4O/c19-12-4-2-1-3-11(12)10-24-17(15-7-8-26-23-15)9-16(22-24)14-6-5-13(20)18(25)21-14;19-13-5-6-15(21-10-13)17-9-18(16-7-8-25-23-16)24(22-17)11-12-3-1-2-4-14(12)20/h1-9H,10H2,(H,21,25);1-10H,11H2. The zero-order chi connectivity index (χ0) is 35.3. The molecule has 0 fully saturated rings. The quantitative estimate of drug-likeness (QED) is 0.166. The minimum absolute atomic E-state index is 0.153. The lowest BCUT2D eigenvalue weighted by Crippen LogP contribution is -2.11. The van der Waals surface area contributed by atoms with Gasteiger partial charge in [-0.15, -0.1) is 0 Å². The lowest BCUT2D eigenvalue weighted by molar-refractivity contribution is 0.421. The Kier molecular flexibility index (Phi) is 9.15. The summed E-state index contributed by atoms with van der Waals surface area (Å²) in [6.45, 7) is 0.371. The van der Waals surface area contributed by atoms with Crippen LogP contribution in [0.15, 0.2) is 130 Å². The van der Waals surface area contributed by atoms with Gasteiger partial charge in [0, 0.05) is 23.3 Å². The van der Waals surface area contributed by atoms with Gasteiger partial charge in [0.05, 0.1) is 42.1 Å². The van der Waals surface area contributed by atoms with Crippen LogP contribution in [0.2, 0.25) is 0 Å². The highest BCUT2D eigenvalue weighted by Gasteiger charge is 2.18. The molecule has 2 aromatic carbocycles. The molecule has 254 valence electrons. The molecular weight excluding hydrogens is 668 g/mol. The molecule has 0 amide bonds. The average molecular weight is 693 g/mol. The van der Waals surface area contributed by atoms with E-state index >= 15 is 0 Å². The smallest absolute Gasteiger partial charge is 0.284 e. The van der Waals surface area contributed by atoms with Gasteiger partial charge >= 0.3 is 0 Å². The van der Waals surface area contributed by atoms with Gasteiger partial charge in [0.15, 0.2) is 5.82 Å². The van der Waals surface area contributed by atoms with E-state index in [2.05, 4.69) is 30.5 Å². The molecule has 0 saturated carbocycles. The van der Waals surface area contributed by atoms with E-state index < -0.39 is 17.2 Å². The Balaban J connectivity index is 0.000000159. The van der Waals surface area contributed by atoms with Crippen molar-refractivity contribution in [3.8, 4) is 45.6 Å². The maximum absolute atomic E-state index is 14.0. The Bertz CT molecular complexity index is 2460. The topological polar surface area (TPSA) is 133 Å². The van der Waals surface area contributed by atoms with E-state index in [9.17, 15) is 22.4 Å². The summed E-state index contributed by atoms with van der Waals surface area (Å²) in [5, 5.41) is 16.7. The minimum Gasteiger partial charge on any atom is -0.364 e. The van der Waals surface area contributed by atoms with Crippen molar-refractivity contribution >= 4 is 0 Å². The van der Waals surface area contributed by atoms with Gasteiger partial charge < -0.3 is 14.0 Å². The number of pyridine rings is 2. The first-order chi connectivity index (χ1) is 24.8. The largest absolute Gasteiger partial charge is 0.364 e. The number of rotatable bonds is 8. The van der Waals surface area contributed by atoms with E-state index in [1.165, 1.54) is 42.9 Å². The van der Waals surface area contributed by atoms with E-state index in [-0.39, 0.29) is 24.7 Å². The Labute approximate surface area is 285 Å². The number of hydrogen-bond donors (Lipinski definition) is 1. The molecule has 1 N–H and O–H groups in total. The van der Waals surface area contributed by atoms with E-state index in [4.69, 9.17) is 9.05 Å². The first kappa shape index (κ1) is 32.6. The van der Waals surface area contributed by atoms with Crippen molar-refractivity contribution in [1.82, 2.24) is 39.8 Å². The highest BCUT2D eigenvalue weighted by Crippen LogP contribution is 2.27. The molecule has 0 unspecified atom stereocenters. The predicted molar refractivity (Wildman–Crippen MR) is 176 cm³/mol. The van der Waals surface area contributed by atoms with Gasteiger partial charge in [-0.25, -0.2) is 17.6 Å². The van der Waals surface area contributed by atoms with Crippen molar-refractivity contribution in [3.63, 3.8) is 0 Å². The van der Waals surface area contributed by atoms with Gasteiger partial charge in [0.25, 0.3) is 5.56 Å². The zero-order valence-corrected chi connectivity index (χ0v) is 26.3. The fourth-order valence-electron chi connectivity index (χ4n) is 5.14. The molecule has 8 rings (SSSR count). The number of benzene rings is 2. The predicted octanol–water partition coefficient (Wildman–Crippen LogP) is 7.15. The third-order valence-electron chi connectivity index (χ3n) is 7.64. The second-order valence-corrected chi connectivity index (χ2v) is 11.0. The van der Waals surface area contributed by atoms with Crippen LogP contribution in [0.4, 0.5) is 17.6 Å². The van der Waals surface area contributed by atoms with E-state index in [1.54, 1.807) is 70.0 Å². The summed E-state index contributed by atoms with van der Waals surface area (Å²) < 4.78 is 67.3. The summed E-state index contributed by atoms with van der Waals surface area (Å²) in [5.74, 6) is -1.97. The van der Waals surface area contributed by atoms with E-state index in [1.807, 2.05) is 0 Å². The molecule has 0 radical (unpaired) electrons. The van der Waals surface area contributed by atoms with Gasteiger partial charge in [-0.2, -0.15) is 10.2 Å². The van der Waals surface area contributed by atoms with Crippen LogP contribution in [0.5, 0.6) is 0 Å². The molecule has 15 heteroatoms. The molecule has 51 heavy (non-hydrogen) atoms. The summed E-state index contributed by atoms with van der Waals surface area (Å²) in [4.78, 5) is 18.0. The molecule has 0 bridgehead atoms. The molecule has 0 atom stereocenters. The maximum atomic E-state index is 14.0. The molecule has 0 aliphatic heterocycles. The summed E-state index contributed by atoms with van der Waals surface area (Å²) in [5.41, 5.74) is 4.18. The molecule has 0 aliphatic carbocycles. The number of H-pyrrole nitrogens is 1. The van der Waals surface area contributed by atoms with Crippen molar-refractivity contribution in [1.29, 1.82) is 0 Å². The molecule has 0 spiro atoms. The molecule has 6 aromatic heterocycles. The first-order valence-corrected chi connectivity index (χ1v) is 15.3. The van der Waals surface area contributed by atoms with Crippen LogP contribution in [0, 0.1) is 23.3 Å². The van der Waals surface area contributed by atoms with E-state index in [0.717, 1.165) is 12.3 Å². The van der Waals surface area contributed by atoms with Crippen LogP contribution in [0.25, 0.3) is 45.6 Å². The number of aromatic nitrogens is 8. The van der Waals surface area contributed by atoms with Crippen LogP contribution in [-0.2, 0) is 13.1 Å². The molecular formula is C36H24F4N8O3. The maximum Gasteiger partial charge on any atom is 0.284 e. The summed E-state index contributed by atoms with van der Waals surface area (Å²) >= 11 is 0. The summed E-state index contributed by atoms with van der Waals surface area (Å²) in [6.07, 6.45) is 3.99. The number of halogens is 4. The second kappa shape index (κ2) is 14.3. The van der Waals surface area contributed by atoms with Crippen molar-refractivity contribution in [2.75, 3.05) is 0 Å². The molecule has 8 aromatic rings. The fourth-order valence-corrected chi connectivity index (χ4v) is 5.14. The van der Waals surface area contributed by atoms with Crippen molar-refractivity contribution < 1.29 is 26.6 Å². The molecule has 6 heterocycles. The van der Waals surface area contributed by atoms with Crippen molar-refractivity contribution in [3.05, 3.63) is 161 Å². The highest BCUT2D eigenvalue weighted by molar-refractivity contribution is 5.65. The third kappa shape index (κ3) is 7.27. The lowest BCUT2D eigenvalue weighted by Gasteiger charge is -2.06. The van der Waals surface area contributed by atoms with E-state index in [0.29, 0.717) is 56.7 Å². The summed E-state index contributed by atoms with van der Waals surface area (Å²) in [6, 6.07) is 25.0. The van der Waals surface area contributed by atoms with Gasteiger partial charge in [0.1, 0.15) is 52.8 Å². The zero-order valence-electron chi connectivity index (χ0n) is 26.3. The minimum atomic E-state index is -0.878. The fraction of sp³-hybridized carbons (Fsp3) is 0.0556.